The van der Waals surface area contributed by atoms with Crippen LogP contribution in [0, 0.1) is 5.82 Å². The van der Waals surface area contributed by atoms with Crippen molar-refractivity contribution < 1.29 is 4.39 Å². The molecule has 2 aromatic carbocycles. The van der Waals surface area contributed by atoms with E-state index < -0.39 is 0 Å². The van der Waals surface area contributed by atoms with Crippen LogP contribution in [0.25, 0.3) is 10.2 Å². The van der Waals surface area contributed by atoms with Crippen molar-refractivity contribution >= 4 is 27.2 Å². The summed E-state index contributed by atoms with van der Waals surface area (Å²) in [7, 11) is 0. The molecular formula is C14H11FN2S. The molecule has 0 aliphatic heterocycles. The van der Waals surface area contributed by atoms with E-state index in [9.17, 15) is 4.39 Å². The van der Waals surface area contributed by atoms with Crippen LogP contribution in [0.3, 0.4) is 0 Å². The van der Waals surface area contributed by atoms with Crippen molar-refractivity contribution in [2.24, 2.45) is 0 Å². The average Bonchev–Trinajstić information content (AvgIpc) is 2.73. The quantitative estimate of drug-likeness (QED) is 0.713. The van der Waals surface area contributed by atoms with Crippen LogP contribution in [0.2, 0.25) is 0 Å². The summed E-state index contributed by atoms with van der Waals surface area (Å²) in [6.07, 6.45) is 0.751. The molecule has 0 unspecified atom stereocenters. The van der Waals surface area contributed by atoms with Gasteiger partial charge in [-0.1, -0.05) is 12.1 Å². The zero-order valence-corrected chi connectivity index (χ0v) is 10.4. The van der Waals surface area contributed by atoms with Crippen LogP contribution in [-0.2, 0) is 6.42 Å². The van der Waals surface area contributed by atoms with E-state index in [2.05, 4.69) is 4.98 Å². The molecule has 4 heteroatoms. The molecule has 1 heterocycles. The molecule has 3 aromatic rings. The van der Waals surface area contributed by atoms with Gasteiger partial charge in [-0.05, 0) is 35.9 Å². The first-order valence-electron chi connectivity index (χ1n) is 5.60. The lowest BCUT2D eigenvalue weighted by Gasteiger charge is -1.98. The summed E-state index contributed by atoms with van der Waals surface area (Å²) >= 11 is 1.53. The third kappa shape index (κ3) is 2.19. The molecule has 0 spiro atoms. The van der Waals surface area contributed by atoms with E-state index in [0.29, 0.717) is 0 Å². The summed E-state index contributed by atoms with van der Waals surface area (Å²) in [5.41, 5.74) is 8.41. The maximum atomic E-state index is 13.1. The molecule has 0 aliphatic carbocycles. The zero-order valence-electron chi connectivity index (χ0n) is 9.56. The van der Waals surface area contributed by atoms with Gasteiger partial charge in [-0.25, -0.2) is 9.37 Å². The minimum absolute atomic E-state index is 0.217. The summed E-state index contributed by atoms with van der Waals surface area (Å²) in [6, 6.07) is 12.4. The van der Waals surface area contributed by atoms with E-state index in [-0.39, 0.29) is 5.82 Å². The lowest BCUT2D eigenvalue weighted by Crippen LogP contribution is -1.88. The number of halogens is 1. The highest BCUT2D eigenvalue weighted by atomic mass is 32.1. The van der Waals surface area contributed by atoms with E-state index in [1.807, 2.05) is 24.3 Å². The summed E-state index contributed by atoms with van der Waals surface area (Å²) in [4.78, 5) is 4.49. The maximum absolute atomic E-state index is 13.1. The van der Waals surface area contributed by atoms with Gasteiger partial charge in [-0.2, -0.15) is 0 Å². The number of hydrogen-bond donors (Lipinski definition) is 1. The predicted molar refractivity (Wildman–Crippen MR) is 73.2 cm³/mol. The highest BCUT2D eigenvalue weighted by Gasteiger charge is 2.05. The predicted octanol–water partition coefficient (Wildman–Crippen LogP) is 3.61. The summed E-state index contributed by atoms with van der Waals surface area (Å²) < 4.78 is 14.0. The molecule has 0 bridgehead atoms. The molecule has 0 radical (unpaired) electrons. The number of nitrogen functional groups attached to an aromatic ring is 1. The molecule has 0 fully saturated rings. The fourth-order valence-electron chi connectivity index (χ4n) is 1.83. The zero-order chi connectivity index (χ0) is 12.5. The van der Waals surface area contributed by atoms with Crippen molar-refractivity contribution in [1.82, 2.24) is 4.98 Å². The lowest BCUT2D eigenvalue weighted by atomic mass is 10.1. The first-order chi connectivity index (χ1) is 8.70. The van der Waals surface area contributed by atoms with Crippen LogP contribution in [0.15, 0.2) is 42.5 Å². The van der Waals surface area contributed by atoms with Crippen LogP contribution < -0.4 is 5.73 Å². The first kappa shape index (κ1) is 11.2. The van der Waals surface area contributed by atoms with Gasteiger partial charge in [0, 0.05) is 12.1 Å². The molecule has 18 heavy (non-hydrogen) atoms. The molecule has 0 saturated carbocycles. The topological polar surface area (TPSA) is 38.9 Å². The Kier molecular flexibility index (Phi) is 2.72. The molecule has 0 atom stereocenters. The average molecular weight is 258 g/mol. The molecular weight excluding hydrogens is 247 g/mol. The minimum Gasteiger partial charge on any atom is -0.399 e. The Labute approximate surface area is 108 Å². The third-order valence-electron chi connectivity index (χ3n) is 2.73. The summed E-state index contributed by atoms with van der Waals surface area (Å²) in [5.74, 6) is -0.217. The normalized spacial score (nSPS) is 10.9. The molecule has 2 N–H and O–H groups in total. The number of benzene rings is 2. The largest absolute Gasteiger partial charge is 0.399 e. The third-order valence-corrected chi connectivity index (χ3v) is 3.75. The Balaban J connectivity index is 1.92. The van der Waals surface area contributed by atoms with Crippen molar-refractivity contribution in [3.63, 3.8) is 0 Å². The minimum atomic E-state index is -0.217. The fraction of sp³-hybridized carbons (Fsp3) is 0.0714. The second kappa shape index (κ2) is 4.38. The van der Waals surface area contributed by atoms with Gasteiger partial charge in [0.05, 0.1) is 15.2 Å². The van der Waals surface area contributed by atoms with E-state index in [1.54, 1.807) is 6.07 Å². The Hall–Kier alpha value is -1.94. The number of aromatic nitrogens is 1. The number of rotatable bonds is 2. The number of hydrogen-bond acceptors (Lipinski definition) is 3. The second-order valence-corrected chi connectivity index (χ2v) is 5.25. The molecule has 90 valence electrons. The summed E-state index contributed by atoms with van der Waals surface area (Å²) in [5, 5.41) is 0.986. The van der Waals surface area contributed by atoms with Gasteiger partial charge in [0.1, 0.15) is 5.82 Å². The first-order valence-corrected chi connectivity index (χ1v) is 6.42. The standard InChI is InChI=1S/C14H11FN2S/c15-10-3-6-12-13(8-10)18-14(17-12)7-9-1-4-11(16)5-2-9/h1-6,8H,7,16H2. The van der Waals surface area contributed by atoms with Crippen molar-refractivity contribution in [2.75, 3.05) is 5.73 Å². The van der Waals surface area contributed by atoms with Crippen LogP contribution in [0.5, 0.6) is 0 Å². The highest BCUT2D eigenvalue weighted by Crippen LogP contribution is 2.24. The smallest absolute Gasteiger partial charge is 0.124 e. The Morgan fingerprint density at radius 3 is 2.67 bits per heavy atom. The molecule has 0 aliphatic rings. The maximum Gasteiger partial charge on any atom is 0.124 e. The van der Waals surface area contributed by atoms with Crippen molar-refractivity contribution in [3.8, 4) is 0 Å². The van der Waals surface area contributed by atoms with E-state index >= 15 is 0 Å². The molecule has 0 saturated heterocycles. The van der Waals surface area contributed by atoms with Gasteiger partial charge in [-0.3, -0.25) is 0 Å². The van der Waals surface area contributed by atoms with Gasteiger partial charge in [0.15, 0.2) is 0 Å². The molecule has 2 nitrogen and oxygen atoms in total. The highest BCUT2D eigenvalue weighted by molar-refractivity contribution is 7.18. The number of nitrogens with zero attached hydrogens (tertiary/aromatic N) is 1. The van der Waals surface area contributed by atoms with Gasteiger partial charge in [0.2, 0.25) is 0 Å². The van der Waals surface area contributed by atoms with Gasteiger partial charge >= 0.3 is 0 Å². The van der Waals surface area contributed by atoms with Gasteiger partial charge in [-0.15, -0.1) is 11.3 Å². The number of nitrogens with two attached hydrogens (primary N) is 1. The number of thiazole rings is 1. The van der Waals surface area contributed by atoms with Crippen LogP contribution >= 0.6 is 11.3 Å². The lowest BCUT2D eigenvalue weighted by molar-refractivity contribution is 0.630. The van der Waals surface area contributed by atoms with Crippen molar-refractivity contribution in [3.05, 3.63) is 58.9 Å². The van der Waals surface area contributed by atoms with E-state index in [0.717, 1.165) is 32.9 Å². The van der Waals surface area contributed by atoms with Gasteiger partial charge < -0.3 is 5.73 Å². The monoisotopic (exact) mass is 258 g/mol. The van der Waals surface area contributed by atoms with Gasteiger partial charge in [0.25, 0.3) is 0 Å². The Bertz CT molecular complexity index is 689. The number of fused-ring (bicyclic) bond motifs is 1. The molecule has 3 rings (SSSR count). The summed E-state index contributed by atoms with van der Waals surface area (Å²) in [6.45, 7) is 0. The van der Waals surface area contributed by atoms with E-state index in [4.69, 9.17) is 5.73 Å². The second-order valence-electron chi connectivity index (χ2n) is 4.14. The SMILES string of the molecule is Nc1ccc(Cc2nc3ccc(F)cc3s2)cc1. The molecule has 1 aromatic heterocycles. The Morgan fingerprint density at radius 1 is 1.11 bits per heavy atom. The molecule has 0 amide bonds. The fourth-order valence-corrected chi connectivity index (χ4v) is 2.86. The Morgan fingerprint density at radius 2 is 1.89 bits per heavy atom. The van der Waals surface area contributed by atoms with Crippen molar-refractivity contribution in [2.45, 2.75) is 6.42 Å². The van der Waals surface area contributed by atoms with Crippen LogP contribution in [0.1, 0.15) is 10.6 Å². The van der Waals surface area contributed by atoms with E-state index in [1.165, 1.54) is 23.5 Å². The van der Waals surface area contributed by atoms with Crippen molar-refractivity contribution in [1.29, 1.82) is 0 Å². The van der Waals surface area contributed by atoms with Crippen LogP contribution in [0.4, 0.5) is 10.1 Å². The number of anilines is 1. The van der Waals surface area contributed by atoms with Crippen LogP contribution in [-0.4, -0.2) is 4.98 Å².